The molecule has 0 saturated carbocycles. The van der Waals surface area contributed by atoms with E-state index in [0.717, 1.165) is 18.4 Å². The molecule has 0 aliphatic carbocycles. The molecule has 1 aromatic carbocycles. The average molecular weight is 283 g/mol. The molecule has 1 unspecified atom stereocenters. The van der Waals surface area contributed by atoms with Gasteiger partial charge < -0.3 is 11.1 Å². The summed E-state index contributed by atoms with van der Waals surface area (Å²) >= 11 is 0. The first kappa shape index (κ1) is 15.2. The lowest BCUT2D eigenvalue weighted by Gasteiger charge is -2.13. The molecule has 0 fully saturated rings. The van der Waals surface area contributed by atoms with E-state index in [1.807, 2.05) is 31.2 Å². The van der Waals surface area contributed by atoms with Gasteiger partial charge in [-0.05, 0) is 37.0 Å². The minimum atomic E-state index is -0.140. The van der Waals surface area contributed by atoms with E-state index in [2.05, 4.69) is 22.4 Å². The SMILES string of the molecule is CC(CCc1ccccc1)NC(=O)c1ccc(CN)cn1. The summed E-state index contributed by atoms with van der Waals surface area (Å²) < 4.78 is 0. The second-order valence-electron chi connectivity index (χ2n) is 5.15. The molecule has 0 aliphatic heterocycles. The van der Waals surface area contributed by atoms with Crippen LogP contribution in [0.2, 0.25) is 0 Å². The van der Waals surface area contributed by atoms with E-state index in [4.69, 9.17) is 5.73 Å². The van der Waals surface area contributed by atoms with Crippen LogP contribution >= 0.6 is 0 Å². The zero-order chi connectivity index (χ0) is 15.1. The predicted molar refractivity (Wildman–Crippen MR) is 83.8 cm³/mol. The minimum absolute atomic E-state index is 0.105. The average Bonchev–Trinajstić information content (AvgIpc) is 2.54. The van der Waals surface area contributed by atoms with Crippen molar-refractivity contribution in [1.82, 2.24) is 10.3 Å². The Balaban J connectivity index is 1.83. The molecule has 1 aromatic heterocycles. The maximum Gasteiger partial charge on any atom is 0.270 e. The monoisotopic (exact) mass is 283 g/mol. The number of hydrogen-bond acceptors (Lipinski definition) is 3. The molecule has 0 spiro atoms. The highest BCUT2D eigenvalue weighted by Gasteiger charge is 2.10. The summed E-state index contributed by atoms with van der Waals surface area (Å²) in [6.07, 6.45) is 3.49. The van der Waals surface area contributed by atoms with E-state index in [0.29, 0.717) is 12.2 Å². The third kappa shape index (κ3) is 4.68. The number of rotatable bonds is 6. The number of nitrogens with one attached hydrogen (secondary N) is 1. The third-order valence-electron chi connectivity index (χ3n) is 3.38. The summed E-state index contributed by atoms with van der Waals surface area (Å²) in [4.78, 5) is 16.2. The molecule has 0 radical (unpaired) electrons. The largest absolute Gasteiger partial charge is 0.348 e. The molecule has 4 heteroatoms. The summed E-state index contributed by atoms with van der Waals surface area (Å²) in [5, 5.41) is 2.97. The van der Waals surface area contributed by atoms with Crippen LogP contribution in [0.1, 0.15) is 35.0 Å². The van der Waals surface area contributed by atoms with Crippen molar-refractivity contribution in [2.24, 2.45) is 5.73 Å². The van der Waals surface area contributed by atoms with Crippen LogP contribution in [-0.2, 0) is 13.0 Å². The Morgan fingerprint density at radius 1 is 1.19 bits per heavy atom. The summed E-state index contributed by atoms with van der Waals surface area (Å²) in [6, 6.07) is 13.9. The Morgan fingerprint density at radius 2 is 1.95 bits per heavy atom. The number of carbonyl (C=O) groups is 1. The molecule has 1 atom stereocenters. The van der Waals surface area contributed by atoms with Crippen LogP contribution in [0.4, 0.5) is 0 Å². The Hall–Kier alpha value is -2.20. The van der Waals surface area contributed by atoms with Gasteiger partial charge in [-0.25, -0.2) is 0 Å². The lowest BCUT2D eigenvalue weighted by atomic mass is 10.1. The van der Waals surface area contributed by atoms with Gasteiger partial charge >= 0.3 is 0 Å². The minimum Gasteiger partial charge on any atom is -0.348 e. The molecular formula is C17H21N3O. The number of amides is 1. The number of nitrogens with zero attached hydrogens (tertiary/aromatic N) is 1. The van der Waals surface area contributed by atoms with Crippen molar-refractivity contribution in [2.45, 2.75) is 32.4 Å². The van der Waals surface area contributed by atoms with Crippen molar-refractivity contribution in [3.63, 3.8) is 0 Å². The number of aryl methyl sites for hydroxylation is 1. The van der Waals surface area contributed by atoms with Crippen molar-refractivity contribution in [2.75, 3.05) is 0 Å². The number of hydrogen-bond donors (Lipinski definition) is 2. The van der Waals surface area contributed by atoms with E-state index in [1.54, 1.807) is 12.3 Å². The highest BCUT2D eigenvalue weighted by molar-refractivity contribution is 5.92. The van der Waals surface area contributed by atoms with Crippen LogP contribution in [0, 0.1) is 0 Å². The Labute approximate surface area is 125 Å². The van der Waals surface area contributed by atoms with Gasteiger partial charge in [-0.2, -0.15) is 0 Å². The van der Waals surface area contributed by atoms with Crippen LogP contribution in [0.5, 0.6) is 0 Å². The number of carbonyl (C=O) groups excluding carboxylic acids is 1. The molecule has 0 bridgehead atoms. The molecule has 110 valence electrons. The van der Waals surface area contributed by atoms with Crippen molar-refractivity contribution in [1.29, 1.82) is 0 Å². The lowest BCUT2D eigenvalue weighted by Crippen LogP contribution is -2.33. The second kappa shape index (κ2) is 7.55. The molecule has 2 aromatic rings. The second-order valence-corrected chi connectivity index (χ2v) is 5.15. The molecule has 4 nitrogen and oxygen atoms in total. The summed E-state index contributed by atoms with van der Waals surface area (Å²) in [5.41, 5.74) is 8.14. The van der Waals surface area contributed by atoms with Crippen LogP contribution < -0.4 is 11.1 Å². The first-order valence-corrected chi connectivity index (χ1v) is 7.19. The van der Waals surface area contributed by atoms with E-state index in [-0.39, 0.29) is 11.9 Å². The van der Waals surface area contributed by atoms with Crippen LogP contribution in [0.3, 0.4) is 0 Å². The zero-order valence-electron chi connectivity index (χ0n) is 12.3. The molecule has 0 aliphatic rings. The van der Waals surface area contributed by atoms with Gasteiger partial charge in [0, 0.05) is 18.8 Å². The van der Waals surface area contributed by atoms with Gasteiger partial charge in [-0.1, -0.05) is 36.4 Å². The molecule has 1 heterocycles. The molecule has 21 heavy (non-hydrogen) atoms. The van der Waals surface area contributed by atoms with Crippen LogP contribution in [0.25, 0.3) is 0 Å². The number of nitrogens with two attached hydrogens (primary N) is 1. The standard InChI is InChI=1S/C17H21N3O/c1-13(7-8-14-5-3-2-4-6-14)20-17(21)16-10-9-15(11-18)12-19-16/h2-6,9-10,12-13H,7-8,11,18H2,1H3,(H,20,21). The predicted octanol–water partition coefficient (Wildman–Crippen LogP) is 2.29. The highest BCUT2D eigenvalue weighted by Crippen LogP contribution is 2.06. The molecule has 3 N–H and O–H groups in total. The molecule has 1 amide bonds. The maximum atomic E-state index is 12.1. The summed E-state index contributed by atoms with van der Waals surface area (Å²) in [5.74, 6) is -0.140. The molecule has 2 rings (SSSR count). The van der Waals surface area contributed by atoms with E-state index in [1.165, 1.54) is 5.56 Å². The zero-order valence-corrected chi connectivity index (χ0v) is 12.3. The third-order valence-corrected chi connectivity index (χ3v) is 3.38. The lowest BCUT2D eigenvalue weighted by molar-refractivity contribution is 0.0933. The van der Waals surface area contributed by atoms with Crippen LogP contribution in [0.15, 0.2) is 48.7 Å². The van der Waals surface area contributed by atoms with E-state index >= 15 is 0 Å². The fourth-order valence-electron chi connectivity index (χ4n) is 2.08. The smallest absolute Gasteiger partial charge is 0.270 e. The first-order valence-electron chi connectivity index (χ1n) is 7.19. The van der Waals surface area contributed by atoms with Gasteiger partial charge in [0.1, 0.15) is 5.69 Å². The van der Waals surface area contributed by atoms with E-state index in [9.17, 15) is 4.79 Å². The topological polar surface area (TPSA) is 68.0 Å². The Morgan fingerprint density at radius 3 is 2.57 bits per heavy atom. The quantitative estimate of drug-likeness (QED) is 0.854. The summed E-state index contributed by atoms with van der Waals surface area (Å²) in [7, 11) is 0. The highest BCUT2D eigenvalue weighted by atomic mass is 16.1. The van der Waals surface area contributed by atoms with Gasteiger partial charge in [0.2, 0.25) is 0 Å². The molecular weight excluding hydrogens is 262 g/mol. The van der Waals surface area contributed by atoms with E-state index < -0.39 is 0 Å². The van der Waals surface area contributed by atoms with Crippen molar-refractivity contribution in [3.8, 4) is 0 Å². The fourth-order valence-corrected chi connectivity index (χ4v) is 2.08. The maximum absolute atomic E-state index is 12.1. The molecule has 0 saturated heterocycles. The number of aromatic nitrogens is 1. The van der Waals surface area contributed by atoms with Gasteiger partial charge in [0.25, 0.3) is 5.91 Å². The Bertz CT molecular complexity index is 566. The van der Waals surface area contributed by atoms with Gasteiger partial charge in [-0.3, -0.25) is 9.78 Å². The van der Waals surface area contributed by atoms with Gasteiger partial charge in [0.15, 0.2) is 0 Å². The van der Waals surface area contributed by atoms with Crippen molar-refractivity contribution < 1.29 is 4.79 Å². The van der Waals surface area contributed by atoms with Crippen LogP contribution in [-0.4, -0.2) is 16.9 Å². The van der Waals surface area contributed by atoms with Gasteiger partial charge in [-0.15, -0.1) is 0 Å². The van der Waals surface area contributed by atoms with Crippen molar-refractivity contribution >= 4 is 5.91 Å². The summed E-state index contributed by atoms with van der Waals surface area (Å²) in [6.45, 7) is 2.44. The number of benzene rings is 1. The van der Waals surface area contributed by atoms with Crippen molar-refractivity contribution in [3.05, 3.63) is 65.5 Å². The normalized spacial score (nSPS) is 11.9. The van der Waals surface area contributed by atoms with Gasteiger partial charge in [0.05, 0.1) is 0 Å². The number of pyridine rings is 1. The fraction of sp³-hybridized carbons (Fsp3) is 0.294. The Kier molecular flexibility index (Phi) is 5.46. The first-order chi connectivity index (χ1) is 10.2.